The molecule has 1 aliphatic heterocycles. The summed E-state index contributed by atoms with van der Waals surface area (Å²) in [6.07, 6.45) is 0. The molecule has 0 spiro atoms. The van der Waals surface area contributed by atoms with E-state index in [1.807, 2.05) is 18.2 Å². The van der Waals surface area contributed by atoms with Crippen molar-refractivity contribution in [2.75, 3.05) is 49.5 Å². The number of carbonyl (C=O) groups excluding carboxylic acids is 2. The van der Waals surface area contributed by atoms with E-state index in [2.05, 4.69) is 32.6 Å². The number of nitrogens with zero attached hydrogens (tertiary/aromatic N) is 3. The first-order chi connectivity index (χ1) is 14.0. The fourth-order valence-electron chi connectivity index (χ4n) is 3.19. The molecule has 0 atom stereocenters. The third kappa shape index (κ3) is 5.52. The number of benzene rings is 2. The summed E-state index contributed by atoms with van der Waals surface area (Å²) in [5.74, 6) is -1.74. The Hall–Kier alpha value is -3.46. The van der Waals surface area contributed by atoms with Crippen LogP contribution in [-0.4, -0.2) is 60.9 Å². The van der Waals surface area contributed by atoms with E-state index in [0.717, 1.165) is 26.2 Å². The van der Waals surface area contributed by atoms with E-state index < -0.39 is 16.7 Å². The van der Waals surface area contributed by atoms with Gasteiger partial charge in [0.15, 0.2) is 0 Å². The normalized spacial score (nSPS) is 14.3. The Morgan fingerprint density at radius 3 is 2.28 bits per heavy atom. The Labute approximate surface area is 168 Å². The van der Waals surface area contributed by atoms with Gasteiger partial charge in [-0.2, -0.15) is 0 Å². The van der Waals surface area contributed by atoms with Crippen LogP contribution < -0.4 is 15.5 Å². The van der Waals surface area contributed by atoms with Gasteiger partial charge in [0.05, 0.1) is 4.92 Å². The summed E-state index contributed by atoms with van der Waals surface area (Å²) in [6, 6.07) is 15.9. The van der Waals surface area contributed by atoms with Crippen molar-refractivity contribution in [1.29, 1.82) is 0 Å². The lowest BCUT2D eigenvalue weighted by molar-refractivity contribution is -0.383. The summed E-state index contributed by atoms with van der Waals surface area (Å²) in [5, 5.41) is 15.8. The van der Waals surface area contributed by atoms with E-state index in [1.165, 1.54) is 23.9 Å². The molecule has 1 saturated heterocycles. The fourth-order valence-corrected chi connectivity index (χ4v) is 3.19. The molecular weight excluding hydrogens is 374 g/mol. The molecule has 2 aromatic carbocycles. The number of amides is 2. The van der Waals surface area contributed by atoms with Crippen LogP contribution in [0.15, 0.2) is 54.6 Å². The maximum absolute atomic E-state index is 12.0. The average Bonchev–Trinajstić information content (AvgIpc) is 2.75. The number of hydrogen-bond donors (Lipinski definition) is 2. The highest BCUT2D eigenvalue weighted by atomic mass is 16.6. The zero-order valence-corrected chi connectivity index (χ0v) is 15.9. The number of para-hydroxylation sites is 3. The van der Waals surface area contributed by atoms with Crippen molar-refractivity contribution in [1.82, 2.24) is 10.2 Å². The number of nitro groups is 1. The molecule has 0 radical (unpaired) electrons. The summed E-state index contributed by atoms with van der Waals surface area (Å²) < 4.78 is 0. The second-order valence-corrected chi connectivity index (χ2v) is 6.65. The number of rotatable bonds is 6. The van der Waals surface area contributed by atoms with Crippen LogP contribution in [0.5, 0.6) is 0 Å². The highest BCUT2D eigenvalue weighted by Crippen LogP contribution is 2.22. The smallest absolute Gasteiger partial charge is 0.313 e. The number of nitro benzene ring substituents is 1. The van der Waals surface area contributed by atoms with Gasteiger partial charge in [-0.25, -0.2) is 0 Å². The summed E-state index contributed by atoms with van der Waals surface area (Å²) in [5.41, 5.74) is 0.937. The van der Waals surface area contributed by atoms with Gasteiger partial charge in [-0.3, -0.25) is 24.6 Å². The lowest BCUT2D eigenvalue weighted by Gasteiger charge is -2.36. The summed E-state index contributed by atoms with van der Waals surface area (Å²) in [7, 11) is 0. The minimum Gasteiger partial charge on any atom is -0.369 e. The molecule has 2 aromatic rings. The van der Waals surface area contributed by atoms with Gasteiger partial charge in [-0.05, 0) is 18.2 Å². The fraction of sp³-hybridized carbons (Fsp3) is 0.300. The van der Waals surface area contributed by atoms with Crippen molar-refractivity contribution >= 4 is 28.9 Å². The first-order valence-electron chi connectivity index (χ1n) is 9.39. The predicted octanol–water partition coefficient (Wildman–Crippen LogP) is 1.47. The van der Waals surface area contributed by atoms with Gasteiger partial charge in [0.1, 0.15) is 5.69 Å². The summed E-state index contributed by atoms with van der Waals surface area (Å²) in [4.78, 5) is 38.9. The number of nitrogens with one attached hydrogen (secondary N) is 2. The molecule has 9 heteroatoms. The molecule has 2 amide bonds. The van der Waals surface area contributed by atoms with Crippen molar-refractivity contribution in [3.05, 3.63) is 64.7 Å². The second kappa shape index (κ2) is 9.65. The second-order valence-electron chi connectivity index (χ2n) is 6.65. The largest absolute Gasteiger partial charge is 0.369 e. The minimum absolute atomic E-state index is 0.00492. The zero-order valence-electron chi connectivity index (χ0n) is 15.9. The molecule has 9 nitrogen and oxygen atoms in total. The number of carbonyl (C=O) groups is 2. The van der Waals surface area contributed by atoms with Gasteiger partial charge in [-0.1, -0.05) is 30.3 Å². The van der Waals surface area contributed by atoms with Gasteiger partial charge in [0.2, 0.25) is 0 Å². The van der Waals surface area contributed by atoms with Crippen molar-refractivity contribution in [2.45, 2.75) is 0 Å². The third-order valence-electron chi connectivity index (χ3n) is 4.76. The summed E-state index contributed by atoms with van der Waals surface area (Å²) >= 11 is 0. The summed E-state index contributed by atoms with van der Waals surface area (Å²) in [6.45, 7) is 4.49. The monoisotopic (exact) mass is 397 g/mol. The van der Waals surface area contributed by atoms with Gasteiger partial charge in [0, 0.05) is 51.0 Å². The number of hydrogen-bond acceptors (Lipinski definition) is 6. The van der Waals surface area contributed by atoms with E-state index in [-0.39, 0.29) is 11.4 Å². The Bertz CT molecular complexity index is 866. The van der Waals surface area contributed by atoms with E-state index in [4.69, 9.17) is 0 Å². The van der Waals surface area contributed by atoms with Crippen LogP contribution in [0.4, 0.5) is 17.1 Å². The molecule has 29 heavy (non-hydrogen) atoms. The Morgan fingerprint density at radius 2 is 1.59 bits per heavy atom. The predicted molar refractivity (Wildman–Crippen MR) is 110 cm³/mol. The first kappa shape index (κ1) is 20.3. The number of piperazine rings is 1. The van der Waals surface area contributed by atoms with Crippen LogP contribution in [-0.2, 0) is 9.59 Å². The molecule has 0 aromatic heterocycles. The molecule has 0 unspecified atom stereocenters. The molecular formula is C20H23N5O4. The standard InChI is InChI=1S/C20H23N5O4/c26-19(20(27)22-17-8-4-5-9-18(17)25(28)29)21-10-11-23-12-14-24(15-13-23)16-6-2-1-3-7-16/h1-9H,10-15H2,(H,21,26)(H,22,27). The van der Waals surface area contributed by atoms with Crippen LogP contribution in [0.1, 0.15) is 0 Å². The van der Waals surface area contributed by atoms with E-state index in [0.29, 0.717) is 13.1 Å². The third-order valence-corrected chi connectivity index (χ3v) is 4.76. The lowest BCUT2D eigenvalue weighted by Crippen LogP contribution is -2.49. The Kier molecular flexibility index (Phi) is 6.75. The SMILES string of the molecule is O=C(NCCN1CCN(c2ccccc2)CC1)C(=O)Nc1ccccc1[N+](=O)[O-]. The van der Waals surface area contributed by atoms with Crippen molar-refractivity contribution < 1.29 is 14.5 Å². The molecule has 0 bridgehead atoms. The molecule has 0 saturated carbocycles. The zero-order chi connectivity index (χ0) is 20.6. The highest BCUT2D eigenvalue weighted by molar-refractivity contribution is 6.39. The molecule has 152 valence electrons. The van der Waals surface area contributed by atoms with Crippen LogP contribution in [0.25, 0.3) is 0 Å². The molecule has 1 aliphatic rings. The molecule has 2 N–H and O–H groups in total. The Balaban J connectivity index is 1.40. The number of anilines is 2. The van der Waals surface area contributed by atoms with E-state index >= 15 is 0 Å². The van der Waals surface area contributed by atoms with E-state index in [1.54, 1.807) is 6.07 Å². The first-order valence-corrected chi connectivity index (χ1v) is 9.39. The van der Waals surface area contributed by atoms with Crippen LogP contribution >= 0.6 is 0 Å². The minimum atomic E-state index is -0.923. The molecule has 1 heterocycles. The molecule has 3 rings (SSSR count). The Morgan fingerprint density at radius 1 is 0.931 bits per heavy atom. The van der Waals surface area contributed by atoms with E-state index in [9.17, 15) is 19.7 Å². The topological polar surface area (TPSA) is 108 Å². The van der Waals surface area contributed by atoms with Crippen LogP contribution in [0.3, 0.4) is 0 Å². The van der Waals surface area contributed by atoms with Crippen molar-refractivity contribution in [2.24, 2.45) is 0 Å². The van der Waals surface area contributed by atoms with Gasteiger partial charge >= 0.3 is 11.8 Å². The van der Waals surface area contributed by atoms with Crippen molar-refractivity contribution in [3.63, 3.8) is 0 Å². The highest BCUT2D eigenvalue weighted by Gasteiger charge is 2.20. The maximum Gasteiger partial charge on any atom is 0.313 e. The van der Waals surface area contributed by atoms with Gasteiger partial charge < -0.3 is 15.5 Å². The maximum atomic E-state index is 12.0. The lowest BCUT2D eigenvalue weighted by atomic mass is 10.2. The van der Waals surface area contributed by atoms with Gasteiger partial charge in [0.25, 0.3) is 5.69 Å². The van der Waals surface area contributed by atoms with Crippen LogP contribution in [0.2, 0.25) is 0 Å². The quantitative estimate of drug-likeness (QED) is 0.434. The van der Waals surface area contributed by atoms with Crippen LogP contribution in [0, 0.1) is 10.1 Å². The van der Waals surface area contributed by atoms with Gasteiger partial charge in [-0.15, -0.1) is 0 Å². The average molecular weight is 397 g/mol. The van der Waals surface area contributed by atoms with Crippen molar-refractivity contribution in [3.8, 4) is 0 Å². The molecule has 0 aliphatic carbocycles. The molecule has 1 fully saturated rings.